The fourth-order valence-electron chi connectivity index (χ4n) is 2.25. The number of nitrogens with zero attached hydrogens (tertiary/aromatic N) is 2. The zero-order valence-electron chi connectivity index (χ0n) is 11.8. The lowest BCUT2D eigenvalue weighted by Gasteiger charge is -2.06. The minimum atomic E-state index is 0.162. The molecule has 2 rings (SSSR count). The normalized spacial score (nSPS) is 10.7. The van der Waals surface area contributed by atoms with E-state index < -0.39 is 0 Å². The van der Waals surface area contributed by atoms with E-state index in [1.165, 1.54) is 0 Å². The molecule has 0 saturated carbocycles. The van der Waals surface area contributed by atoms with E-state index >= 15 is 0 Å². The maximum Gasteiger partial charge on any atom is 0.169 e. The molecule has 2 aromatic rings. The number of aromatic nitrogens is 2. The molecule has 0 N–H and O–H groups in total. The van der Waals surface area contributed by atoms with Crippen molar-refractivity contribution in [1.82, 2.24) is 9.78 Å². The van der Waals surface area contributed by atoms with Crippen LogP contribution in [-0.4, -0.2) is 15.6 Å². The van der Waals surface area contributed by atoms with Crippen molar-refractivity contribution in [3.63, 3.8) is 0 Å². The van der Waals surface area contributed by atoms with E-state index in [0.717, 1.165) is 35.5 Å². The summed E-state index contributed by atoms with van der Waals surface area (Å²) in [6.45, 7) is 6.90. The van der Waals surface area contributed by atoms with Crippen molar-refractivity contribution in [3.05, 3.63) is 52.8 Å². The van der Waals surface area contributed by atoms with Crippen molar-refractivity contribution in [1.29, 1.82) is 0 Å². The Labute approximate surface area is 114 Å². The highest BCUT2D eigenvalue weighted by Crippen LogP contribution is 2.13. The van der Waals surface area contributed by atoms with E-state index in [0.29, 0.717) is 6.42 Å². The second-order valence-corrected chi connectivity index (χ2v) is 4.71. The molecule has 0 atom stereocenters. The second kappa shape index (κ2) is 5.83. The Kier molecular flexibility index (Phi) is 4.15. The third-order valence-electron chi connectivity index (χ3n) is 3.36. The first-order valence-electron chi connectivity index (χ1n) is 6.80. The molecule has 0 bridgehead atoms. The topological polar surface area (TPSA) is 34.9 Å². The molecule has 100 valence electrons. The predicted molar refractivity (Wildman–Crippen MR) is 76.5 cm³/mol. The van der Waals surface area contributed by atoms with Gasteiger partial charge in [0.25, 0.3) is 0 Å². The number of Topliss-reactive ketones (excluding diaryl/α,β-unsaturated/α-hetero) is 1. The van der Waals surface area contributed by atoms with Gasteiger partial charge in [0, 0.05) is 17.8 Å². The van der Waals surface area contributed by atoms with Crippen LogP contribution >= 0.6 is 0 Å². The van der Waals surface area contributed by atoms with Gasteiger partial charge < -0.3 is 0 Å². The van der Waals surface area contributed by atoms with E-state index in [9.17, 15) is 4.79 Å². The third-order valence-corrected chi connectivity index (χ3v) is 3.36. The largest absolute Gasteiger partial charge is 0.294 e. The van der Waals surface area contributed by atoms with Gasteiger partial charge in [0.15, 0.2) is 5.78 Å². The molecule has 1 heterocycles. The monoisotopic (exact) mass is 256 g/mol. The van der Waals surface area contributed by atoms with Crippen molar-refractivity contribution in [2.75, 3.05) is 0 Å². The average Bonchev–Trinajstić information content (AvgIpc) is 2.81. The number of rotatable bonds is 5. The van der Waals surface area contributed by atoms with Crippen LogP contribution in [0.5, 0.6) is 0 Å². The lowest BCUT2D eigenvalue weighted by molar-refractivity contribution is 0.0990. The molecule has 1 aromatic carbocycles. The Morgan fingerprint density at radius 1 is 1.26 bits per heavy atom. The van der Waals surface area contributed by atoms with Crippen molar-refractivity contribution in [3.8, 4) is 0 Å². The van der Waals surface area contributed by atoms with Crippen LogP contribution in [0.3, 0.4) is 0 Å². The molecule has 0 radical (unpaired) electrons. The highest BCUT2D eigenvalue weighted by molar-refractivity contribution is 5.98. The highest BCUT2D eigenvalue weighted by Gasteiger charge is 2.13. The van der Waals surface area contributed by atoms with Gasteiger partial charge in [-0.15, -0.1) is 0 Å². The van der Waals surface area contributed by atoms with Crippen LogP contribution in [0.2, 0.25) is 0 Å². The van der Waals surface area contributed by atoms with Crippen LogP contribution < -0.4 is 0 Å². The molecule has 0 aliphatic carbocycles. The lowest BCUT2D eigenvalue weighted by atomic mass is 10.0. The number of aryl methyl sites for hydroxylation is 3. The Morgan fingerprint density at radius 3 is 2.63 bits per heavy atom. The van der Waals surface area contributed by atoms with Gasteiger partial charge in [-0.25, -0.2) is 0 Å². The van der Waals surface area contributed by atoms with Gasteiger partial charge in [-0.2, -0.15) is 5.10 Å². The highest BCUT2D eigenvalue weighted by atomic mass is 16.1. The van der Waals surface area contributed by atoms with Crippen LogP contribution in [0.4, 0.5) is 0 Å². The van der Waals surface area contributed by atoms with Crippen LogP contribution in [0.1, 0.15) is 41.2 Å². The Hall–Kier alpha value is -1.90. The van der Waals surface area contributed by atoms with Gasteiger partial charge in [-0.05, 0) is 31.9 Å². The molecule has 0 spiro atoms. The molecule has 19 heavy (non-hydrogen) atoms. The summed E-state index contributed by atoms with van der Waals surface area (Å²) in [5.74, 6) is 0.162. The summed E-state index contributed by atoms with van der Waals surface area (Å²) in [7, 11) is 0. The van der Waals surface area contributed by atoms with Crippen LogP contribution in [0.25, 0.3) is 0 Å². The Bertz CT molecular complexity index is 584. The summed E-state index contributed by atoms with van der Waals surface area (Å²) in [5, 5.41) is 4.48. The smallest absolute Gasteiger partial charge is 0.169 e. The molecule has 0 aliphatic heterocycles. The predicted octanol–water partition coefficient (Wildman–Crippen LogP) is 3.20. The number of benzene rings is 1. The first kappa shape index (κ1) is 13.5. The number of hydrogen-bond acceptors (Lipinski definition) is 2. The van der Waals surface area contributed by atoms with E-state index in [1.54, 1.807) is 0 Å². The third kappa shape index (κ3) is 2.92. The summed E-state index contributed by atoms with van der Waals surface area (Å²) >= 11 is 0. The maximum atomic E-state index is 12.4. The molecule has 0 unspecified atom stereocenters. The van der Waals surface area contributed by atoms with E-state index in [4.69, 9.17) is 0 Å². The summed E-state index contributed by atoms with van der Waals surface area (Å²) in [6, 6.07) is 9.78. The SMILES string of the molecule is CCc1cc(CC(=O)c2ccccc2C)n(CC)n1. The standard InChI is InChI=1S/C16H20N2O/c1-4-13-10-14(18(5-2)17-13)11-16(19)15-9-7-6-8-12(15)3/h6-10H,4-5,11H2,1-3H3. The first-order valence-corrected chi connectivity index (χ1v) is 6.80. The first-order chi connectivity index (χ1) is 9.15. The van der Waals surface area contributed by atoms with Crippen molar-refractivity contribution >= 4 is 5.78 Å². The molecule has 0 saturated heterocycles. The molecule has 3 heteroatoms. The fraction of sp³-hybridized carbons (Fsp3) is 0.375. The molecule has 0 aliphatic rings. The molecule has 1 aromatic heterocycles. The number of hydrogen-bond donors (Lipinski definition) is 0. The van der Waals surface area contributed by atoms with Crippen molar-refractivity contribution in [2.45, 2.75) is 40.2 Å². The Morgan fingerprint density at radius 2 is 2.00 bits per heavy atom. The van der Waals surface area contributed by atoms with Gasteiger partial charge >= 0.3 is 0 Å². The zero-order chi connectivity index (χ0) is 13.8. The summed E-state index contributed by atoms with van der Waals surface area (Å²) in [5.41, 5.74) is 3.90. The van der Waals surface area contributed by atoms with E-state index in [1.807, 2.05) is 48.9 Å². The van der Waals surface area contributed by atoms with Crippen LogP contribution in [0.15, 0.2) is 30.3 Å². The van der Waals surface area contributed by atoms with Gasteiger partial charge in [-0.1, -0.05) is 31.2 Å². The number of carbonyl (C=O) groups excluding carboxylic acids is 1. The summed E-state index contributed by atoms with van der Waals surface area (Å²) in [6.07, 6.45) is 1.32. The fourth-order valence-corrected chi connectivity index (χ4v) is 2.25. The van der Waals surface area contributed by atoms with Crippen molar-refractivity contribution in [2.24, 2.45) is 0 Å². The molecule has 0 amide bonds. The molecular weight excluding hydrogens is 236 g/mol. The number of carbonyl (C=O) groups is 1. The minimum absolute atomic E-state index is 0.162. The lowest BCUT2D eigenvalue weighted by Crippen LogP contribution is -2.10. The van der Waals surface area contributed by atoms with Crippen LogP contribution in [-0.2, 0) is 19.4 Å². The summed E-state index contributed by atoms with van der Waals surface area (Å²) < 4.78 is 1.93. The van der Waals surface area contributed by atoms with Gasteiger partial charge in [0.2, 0.25) is 0 Å². The maximum absolute atomic E-state index is 12.4. The Balaban J connectivity index is 2.24. The van der Waals surface area contributed by atoms with Crippen molar-refractivity contribution < 1.29 is 4.79 Å². The quantitative estimate of drug-likeness (QED) is 0.770. The zero-order valence-corrected chi connectivity index (χ0v) is 11.8. The van der Waals surface area contributed by atoms with Crippen LogP contribution in [0, 0.1) is 6.92 Å². The molecule has 3 nitrogen and oxygen atoms in total. The van der Waals surface area contributed by atoms with E-state index in [2.05, 4.69) is 12.0 Å². The second-order valence-electron chi connectivity index (χ2n) is 4.71. The minimum Gasteiger partial charge on any atom is -0.294 e. The molecular formula is C16H20N2O. The molecule has 0 fully saturated rings. The number of ketones is 1. The van der Waals surface area contributed by atoms with Gasteiger partial charge in [0.05, 0.1) is 12.1 Å². The van der Waals surface area contributed by atoms with Gasteiger partial charge in [-0.3, -0.25) is 9.48 Å². The average molecular weight is 256 g/mol. The van der Waals surface area contributed by atoms with E-state index in [-0.39, 0.29) is 5.78 Å². The summed E-state index contributed by atoms with van der Waals surface area (Å²) in [4.78, 5) is 12.4. The van der Waals surface area contributed by atoms with Gasteiger partial charge in [0.1, 0.15) is 0 Å².